The fourth-order valence-electron chi connectivity index (χ4n) is 8.08. The molecule has 0 unspecified atom stereocenters. The maximum Gasteiger partial charge on any atom is 0.0991 e. The molecule has 8 aromatic carbocycles. The van der Waals surface area contributed by atoms with Gasteiger partial charge in [-0.25, -0.2) is 0 Å². The summed E-state index contributed by atoms with van der Waals surface area (Å²) in [5.41, 5.74) is 13.2. The highest BCUT2D eigenvalue weighted by Gasteiger charge is 2.19. The van der Waals surface area contributed by atoms with Crippen LogP contribution in [0.25, 0.3) is 93.5 Å². The van der Waals surface area contributed by atoms with Gasteiger partial charge in [0, 0.05) is 34.4 Å². The highest BCUT2D eigenvalue weighted by Crippen LogP contribution is 2.46. The van der Waals surface area contributed by atoms with Gasteiger partial charge in [-0.3, -0.25) is 4.98 Å². The van der Waals surface area contributed by atoms with E-state index < -0.39 is 0 Å². The largest absolute Gasteiger partial charge is 0.309 e. The Morgan fingerprint density at radius 2 is 0.887 bits per heavy atom. The molecule has 0 radical (unpaired) electrons. The van der Waals surface area contributed by atoms with Crippen LogP contribution in [0.2, 0.25) is 0 Å². The Kier molecular flexibility index (Phi) is 7.20. The molecule has 10 rings (SSSR count). The molecule has 0 bridgehead atoms. The minimum atomic E-state index is 0.653. The van der Waals surface area contributed by atoms with Gasteiger partial charge >= 0.3 is 0 Å². The van der Waals surface area contributed by atoms with Gasteiger partial charge in [0.05, 0.1) is 22.7 Å². The molecular formula is C50H31N3. The number of pyridine rings is 1. The van der Waals surface area contributed by atoms with E-state index in [4.69, 9.17) is 0 Å². The molecule has 3 nitrogen and oxygen atoms in total. The van der Waals surface area contributed by atoms with Crippen molar-refractivity contribution in [2.75, 3.05) is 0 Å². The number of aromatic nitrogens is 2. The lowest BCUT2D eigenvalue weighted by molar-refractivity contribution is 1.18. The zero-order chi connectivity index (χ0) is 35.3. The van der Waals surface area contributed by atoms with Crippen molar-refractivity contribution in [3.05, 3.63) is 194 Å². The van der Waals surface area contributed by atoms with E-state index in [1.807, 2.05) is 36.7 Å². The Balaban J connectivity index is 1.27. The topological polar surface area (TPSA) is 41.6 Å². The summed E-state index contributed by atoms with van der Waals surface area (Å²) in [4.78, 5) is 4.42. The lowest BCUT2D eigenvalue weighted by Crippen LogP contribution is -1.93. The van der Waals surface area contributed by atoms with Gasteiger partial charge in [-0.1, -0.05) is 115 Å². The number of para-hydroxylation sites is 1. The third-order valence-corrected chi connectivity index (χ3v) is 10.5. The Hall–Kier alpha value is -7.28. The van der Waals surface area contributed by atoms with Gasteiger partial charge < -0.3 is 4.57 Å². The molecule has 10 aromatic rings. The number of benzene rings is 8. The summed E-state index contributed by atoms with van der Waals surface area (Å²) >= 11 is 0. The van der Waals surface area contributed by atoms with E-state index in [9.17, 15) is 5.26 Å². The lowest BCUT2D eigenvalue weighted by Gasteiger charge is -2.19. The highest BCUT2D eigenvalue weighted by atomic mass is 15.0. The molecule has 53 heavy (non-hydrogen) atoms. The first-order chi connectivity index (χ1) is 26.2. The molecule has 0 aliphatic rings. The SMILES string of the molecule is N#Cc1ccc2c(c1)c1cc(-c3ccc4c(-c5ccccc5)c5cc(-c6cccnc6)ccc5c(-c5ccccc5)c4c3)ccc1n2-c1ccccc1. The van der Waals surface area contributed by atoms with Crippen molar-refractivity contribution < 1.29 is 0 Å². The predicted octanol–water partition coefficient (Wildman–Crippen LogP) is 13.0. The van der Waals surface area contributed by atoms with Crippen LogP contribution in [0.5, 0.6) is 0 Å². The lowest BCUT2D eigenvalue weighted by atomic mass is 9.84. The quantitative estimate of drug-likeness (QED) is 0.171. The van der Waals surface area contributed by atoms with Gasteiger partial charge in [0.15, 0.2) is 0 Å². The molecule has 0 fully saturated rings. The van der Waals surface area contributed by atoms with Crippen LogP contribution in [0.15, 0.2) is 188 Å². The molecule has 246 valence electrons. The van der Waals surface area contributed by atoms with Crippen LogP contribution in [-0.2, 0) is 0 Å². The molecule has 3 heteroatoms. The summed E-state index contributed by atoms with van der Waals surface area (Å²) in [7, 11) is 0. The summed E-state index contributed by atoms with van der Waals surface area (Å²) in [6.07, 6.45) is 3.76. The summed E-state index contributed by atoms with van der Waals surface area (Å²) in [6, 6.07) is 65.0. The van der Waals surface area contributed by atoms with E-state index in [0.29, 0.717) is 5.56 Å². The summed E-state index contributed by atoms with van der Waals surface area (Å²) in [5.74, 6) is 0. The standard InChI is InChI=1S/C50H31N3/c51-31-33-18-24-47-43(27-33)44-28-37(21-25-48(44)53(47)40-16-8-3-9-17-40)36-19-22-41-45(29-36)49(34-11-4-1-5-12-34)42-23-20-38(39-15-10-26-52-32-39)30-46(42)50(41)35-13-6-2-7-14-35/h1-30,32H. The molecule has 0 aliphatic carbocycles. The van der Waals surface area contributed by atoms with Crippen LogP contribution < -0.4 is 0 Å². The molecule has 2 aromatic heterocycles. The number of nitrogens with zero attached hydrogens (tertiary/aromatic N) is 3. The summed E-state index contributed by atoms with van der Waals surface area (Å²) in [6.45, 7) is 0. The molecule has 0 amide bonds. The normalized spacial score (nSPS) is 11.4. The molecule has 2 heterocycles. The minimum absolute atomic E-state index is 0.653. The molecular weight excluding hydrogens is 643 g/mol. The second-order valence-electron chi connectivity index (χ2n) is 13.5. The van der Waals surface area contributed by atoms with Crippen LogP contribution in [0.3, 0.4) is 0 Å². The molecule has 0 atom stereocenters. The fourth-order valence-corrected chi connectivity index (χ4v) is 8.08. The second-order valence-corrected chi connectivity index (χ2v) is 13.5. The second kappa shape index (κ2) is 12.5. The summed E-state index contributed by atoms with van der Waals surface area (Å²) < 4.78 is 2.29. The Labute approximate surface area is 307 Å². The van der Waals surface area contributed by atoms with Crippen LogP contribution in [0, 0.1) is 11.3 Å². The van der Waals surface area contributed by atoms with Crippen molar-refractivity contribution in [2.45, 2.75) is 0 Å². The Morgan fingerprint density at radius 3 is 1.45 bits per heavy atom. The third-order valence-electron chi connectivity index (χ3n) is 10.5. The average Bonchev–Trinajstić information content (AvgIpc) is 3.56. The fraction of sp³-hybridized carbons (Fsp3) is 0. The average molecular weight is 674 g/mol. The molecule has 0 spiro atoms. The van der Waals surface area contributed by atoms with Gasteiger partial charge in [0.25, 0.3) is 0 Å². The van der Waals surface area contributed by atoms with Crippen LogP contribution >= 0.6 is 0 Å². The zero-order valence-corrected chi connectivity index (χ0v) is 28.7. The van der Waals surface area contributed by atoms with E-state index in [-0.39, 0.29) is 0 Å². The van der Waals surface area contributed by atoms with Crippen LogP contribution in [0.4, 0.5) is 0 Å². The van der Waals surface area contributed by atoms with Crippen LogP contribution in [0.1, 0.15) is 5.56 Å². The van der Waals surface area contributed by atoms with Gasteiger partial charge in [-0.15, -0.1) is 0 Å². The van der Waals surface area contributed by atoms with E-state index in [0.717, 1.165) is 49.7 Å². The van der Waals surface area contributed by atoms with Gasteiger partial charge in [0.1, 0.15) is 0 Å². The Morgan fingerprint density at radius 1 is 0.396 bits per heavy atom. The predicted molar refractivity (Wildman–Crippen MR) is 220 cm³/mol. The van der Waals surface area contributed by atoms with E-state index >= 15 is 0 Å². The van der Waals surface area contributed by atoms with E-state index in [1.54, 1.807) is 0 Å². The van der Waals surface area contributed by atoms with Crippen molar-refractivity contribution in [1.29, 1.82) is 5.26 Å². The minimum Gasteiger partial charge on any atom is -0.309 e. The maximum atomic E-state index is 9.84. The number of hydrogen-bond acceptors (Lipinski definition) is 2. The first kappa shape index (κ1) is 30.5. The van der Waals surface area contributed by atoms with Crippen molar-refractivity contribution in [1.82, 2.24) is 9.55 Å². The zero-order valence-electron chi connectivity index (χ0n) is 28.7. The van der Waals surface area contributed by atoms with E-state index in [1.165, 1.54) is 43.8 Å². The van der Waals surface area contributed by atoms with Gasteiger partial charge in [-0.2, -0.15) is 5.26 Å². The van der Waals surface area contributed by atoms with Gasteiger partial charge in [0.2, 0.25) is 0 Å². The summed E-state index contributed by atoms with van der Waals surface area (Å²) in [5, 5.41) is 16.8. The number of hydrogen-bond donors (Lipinski definition) is 0. The van der Waals surface area contributed by atoms with Crippen LogP contribution in [-0.4, -0.2) is 9.55 Å². The number of nitriles is 1. The monoisotopic (exact) mass is 673 g/mol. The first-order valence-electron chi connectivity index (χ1n) is 17.8. The molecule has 0 saturated carbocycles. The number of rotatable bonds is 5. The molecule has 0 N–H and O–H groups in total. The number of fused-ring (bicyclic) bond motifs is 5. The molecule has 0 saturated heterocycles. The maximum absolute atomic E-state index is 9.84. The van der Waals surface area contributed by atoms with E-state index in [2.05, 4.69) is 167 Å². The first-order valence-corrected chi connectivity index (χ1v) is 17.8. The third kappa shape index (κ3) is 5.08. The van der Waals surface area contributed by atoms with Gasteiger partial charge in [-0.05, 0) is 121 Å². The van der Waals surface area contributed by atoms with Crippen molar-refractivity contribution in [3.63, 3.8) is 0 Å². The van der Waals surface area contributed by atoms with Crippen molar-refractivity contribution in [3.8, 4) is 56.3 Å². The highest BCUT2D eigenvalue weighted by molar-refractivity contribution is 6.22. The van der Waals surface area contributed by atoms with Crippen molar-refractivity contribution in [2.24, 2.45) is 0 Å². The smallest absolute Gasteiger partial charge is 0.0991 e. The molecule has 0 aliphatic heterocycles. The Bertz CT molecular complexity index is 3030. The van der Waals surface area contributed by atoms with Crippen molar-refractivity contribution >= 4 is 43.4 Å².